The van der Waals surface area contributed by atoms with Crippen LogP contribution in [0.4, 0.5) is 0 Å². The van der Waals surface area contributed by atoms with Gasteiger partial charge in [-0.05, 0) is 42.2 Å². The first kappa shape index (κ1) is 20.0. The first-order valence-electron chi connectivity index (χ1n) is 9.40. The molecule has 154 valence electrons. The fourth-order valence-corrected chi connectivity index (χ4v) is 3.97. The summed E-state index contributed by atoms with van der Waals surface area (Å²) in [4.78, 5) is 24.6. The number of carbonyl (C=O) groups excluding carboxylic acids is 2. The number of methoxy groups -OCH3 is 1. The SMILES string of the molecule is COc1ccc(-n2c(CNC(=O)CC3NC(=O)c4ccccc43)nnc2SC)cc1. The number of thioether (sulfide) groups is 1. The molecule has 8 nitrogen and oxygen atoms in total. The van der Waals surface area contributed by atoms with Crippen molar-refractivity contribution in [2.24, 2.45) is 0 Å². The molecule has 1 aromatic heterocycles. The number of ether oxygens (including phenoxy) is 1. The van der Waals surface area contributed by atoms with Gasteiger partial charge in [-0.25, -0.2) is 0 Å². The topological polar surface area (TPSA) is 98.1 Å². The zero-order valence-electron chi connectivity index (χ0n) is 16.6. The van der Waals surface area contributed by atoms with E-state index in [9.17, 15) is 9.59 Å². The molecule has 0 spiro atoms. The normalized spacial score (nSPS) is 14.9. The van der Waals surface area contributed by atoms with Gasteiger partial charge in [0.2, 0.25) is 5.91 Å². The lowest BCUT2D eigenvalue weighted by Crippen LogP contribution is -2.29. The summed E-state index contributed by atoms with van der Waals surface area (Å²) in [6.45, 7) is 0.223. The summed E-state index contributed by atoms with van der Waals surface area (Å²) in [5.74, 6) is 1.05. The Hall–Kier alpha value is -3.33. The van der Waals surface area contributed by atoms with E-state index in [-0.39, 0.29) is 30.8 Å². The van der Waals surface area contributed by atoms with Crippen LogP contribution in [0, 0.1) is 0 Å². The highest BCUT2D eigenvalue weighted by molar-refractivity contribution is 7.98. The highest BCUT2D eigenvalue weighted by Gasteiger charge is 2.29. The highest BCUT2D eigenvalue weighted by Crippen LogP contribution is 2.27. The Morgan fingerprint density at radius 3 is 2.70 bits per heavy atom. The molecule has 9 heteroatoms. The number of benzene rings is 2. The molecule has 0 saturated carbocycles. The third-order valence-electron chi connectivity index (χ3n) is 4.93. The molecular formula is C21H21N5O3S. The summed E-state index contributed by atoms with van der Waals surface area (Å²) in [5, 5.41) is 14.9. The molecule has 0 fully saturated rings. The first-order valence-corrected chi connectivity index (χ1v) is 10.6. The molecule has 2 heterocycles. The Labute approximate surface area is 178 Å². The number of amides is 2. The Morgan fingerprint density at radius 1 is 1.20 bits per heavy atom. The molecule has 0 bridgehead atoms. The molecule has 1 aliphatic rings. The van der Waals surface area contributed by atoms with Crippen molar-refractivity contribution >= 4 is 23.6 Å². The van der Waals surface area contributed by atoms with E-state index in [1.807, 2.05) is 53.3 Å². The standard InChI is InChI=1S/C21H21N5O3S/c1-29-14-9-7-13(8-10-14)26-18(24-25-21(26)30-2)12-22-19(27)11-17-15-5-3-4-6-16(15)20(28)23-17/h3-10,17H,11-12H2,1-2H3,(H,22,27)(H,23,28). The minimum absolute atomic E-state index is 0.146. The smallest absolute Gasteiger partial charge is 0.252 e. The summed E-state index contributed by atoms with van der Waals surface area (Å²) in [6.07, 6.45) is 2.08. The van der Waals surface area contributed by atoms with Gasteiger partial charge in [0.1, 0.15) is 5.75 Å². The molecule has 30 heavy (non-hydrogen) atoms. The molecule has 1 unspecified atom stereocenters. The second-order valence-electron chi connectivity index (χ2n) is 6.73. The number of fused-ring (bicyclic) bond motifs is 1. The third-order valence-corrected chi connectivity index (χ3v) is 5.56. The van der Waals surface area contributed by atoms with Gasteiger partial charge in [-0.15, -0.1) is 10.2 Å². The van der Waals surface area contributed by atoms with Crippen molar-refractivity contribution in [3.63, 3.8) is 0 Å². The maximum absolute atomic E-state index is 12.6. The molecule has 2 amide bonds. The molecule has 4 rings (SSSR count). The quantitative estimate of drug-likeness (QED) is 0.567. The predicted octanol–water partition coefficient (Wildman–Crippen LogP) is 2.49. The van der Waals surface area contributed by atoms with Crippen LogP contribution in [0.15, 0.2) is 53.7 Å². The van der Waals surface area contributed by atoms with E-state index in [2.05, 4.69) is 20.8 Å². The van der Waals surface area contributed by atoms with Crippen LogP contribution in [0.5, 0.6) is 5.75 Å². The van der Waals surface area contributed by atoms with Gasteiger partial charge in [-0.1, -0.05) is 30.0 Å². The number of rotatable bonds is 7. The summed E-state index contributed by atoms with van der Waals surface area (Å²) >= 11 is 1.47. The summed E-state index contributed by atoms with van der Waals surface area (Å²) < 4.78 is 7.12. The lowest BCUT2D eigenvalue weighted by Gasteiger charge is -2.13. The van der Waals surface area contributed by atoms with Crippen molar-refractivity contribution in [3.05, 3.63) is 65.5 Å². The molecular weight excluding hydrogens is 402 g/mol. The van der Waals surface area contributed by atoms with Crippen molar-refractivity contribution in [1.29, 1.82) is 0 Å². The number of hydrogen-bond acceptors (Lipinski definition) is 6. The summed E-state index contributed by atoms with van der Waals surface area (Å²) in [6, 6.07) is 14.6. The fourth-order valence-electron chi connectivity index (χ4n) is 3.46. The van der Waals surface area contributed by atoms with Crippen LogP contribution in [0.25, 0.3) is 5.69 Å². The molecule has 2 aromatic carbocycles. The number of carbonyl (C=O) groups is 2. The van der Waals surface area contributed by atoms with Gasteiger partial charge in [-0.3, -0.25) is 14.2 Å². The van der Waals surface area contributed by atoms with Crippen LogP contribution in [-0.2, 0) is 11.3 Å². The second-order valence-corrected chi connectivity index (χ2v) is 7.50. The van der Waals surface area contributed by atoms with Gasteiger partial charge >= 0.3 is 0 Å². The van der Waals surface area contributed by atoms with Gasteiger partial charge in [0.05, 0.1) is 26.1 Å². The van der Waals surface area contributed by atoms with Crippen LogP contribution >= 0.6 is 11.8 Å². The van der Waals surface area contributed by atoms with E-state index in [4.69, 9.17) is 4.74 Å². The van der Waals surface area contributed by atoms with Crippen molar-refractivity contribution < 1.29 is 14.3 Å². The number of nitrogens with zero attached hydrogens (tertiary/aromatic N) is 3. The maximum Gasteiger partial charge on any atom is 0.252 e. The van der Waals surface area contributed by atoms with Crippen molar-refractivity contribution in [2.75, 3.05) is 13.4 Å². The minimum atomic E-state index is -0.324. The third kappa shape index (κ3) is 3.88. The molecule has 1 aliphatic heterocycles. The Balaban J connectivity index is 1.46. The second kappa shape index (κ2) is 8.58. The van der Waals surface area contributed by atoms with E-state index in [0.717, 1.165) is 22.2 Å². The van der Waals surface area contributed by atoms with Gasteiger partial charge in [0, 0.05) is 11.3 Å². The van der Waals surface area contributed by atoms with E-state index < -0.39 is 0 Å². The van der Waals surface area contributed by atoms with E-state index in [1.54, 1.807) is 13.2 Å². The van der Waals surface area contributed by atoms with Crippen molar-refractivity contribution in [2.45, 2.75) is 24.2 Å². The molecule has 0 radical (unpaired) electrons. The predicted molar refractivity (Wildman–Crippen MR) is 113 cm³/mol. The van der Waals surface area contributed by atoms with Crippen LogP contribution in [-0.4, -0.2) is 39.9 Å². The maximum atomic E-state index is 12.6. The van der Waals surface area contributed by atoms with E-state index in [0.29, 0.717) is 11.4 Å². The van der Waals surface area contributed by atoms with Crippen molar-refractivity contribution in [3.8, 4) is 11.4 Å². The summed E-state index contributed by atoms with van der Waals surface area (Å²) in [7, 11) is 1.62. The molecule has 0 aliphatic carbocycles. The first-order chi connectivity index (χ1) is 14.6. The largest absolute Gasteiger partial charge is 0.497 e. The van der Waals surface area contributed by atoms with Crippen LogP contribution < -0.4 is 15.4 Å². The Kier molecular flexibility index (Phi) is 5.71. The van der Waals surface area contributed by atoms with Gasteiger partial charge in [0.25, 0.3) is 5.91 Å². The molecule has 1 atom stereocenters. The van der Waals surface area contributed by atoms with Crippen molar-refractivity contribution in [1.82, 2.24) is 25.4 Å². The number of aromatic nitrogens is 3. The Morgan fingerprint density at radius 2 is 1.97 bits per heavy atom. The highest BCUT2D eigenvalue weighted by atomic mass is 32.2. The lowest BCUT2D eigenvalue weighted by molar-refractivity contribution is -0.121. The molecule has 0 saturated heterocycles. The summed E-state index contributed by atoms with van der Waals surface area (Å²) in [5.41, 5.74) is 2.36. The number of hydrogen-bond donors (Lipinski definition) is 2. The zero-order chi connectivity index (χ0) is 21.1. The minimum Gasteiger partial charge on any atom is -0.497 e. The van der Waals surface area contributed by atoms with E-state index in [1.165, 1.54) is 11.8 Å². The zero-order valence-corrected chi connectivity index (χ0v) is 17.4. The van der Waals surface area contributed by atoms with Crippen LogP contribution in [0.1, 0.15) is 34.2 Å². The number of nitrogens with one attached hydrogen (secondary N) is 2. The monoisotopic (exact) mass is 423 g/mol. The Bertz CT molecular complexity index is 1080. The van der Waals surface area contributed by atoms with Gasteiger partial charge < -0.3 is 15.4 Å². The van der Waals surface area contributed by atoms with Crippen LogP contribution in [0.3, 0.4) is 0 Å². The van der Waals surface area contributed by atoms with Gasteiger partial charge in [-0.2, -0.15) is 0 Å². The lowest BCUT2D eigenvalue weighted by atomic mass is 10.0. The fraction of sp³-hybridized carbons (Fsp3) is 0.238. The van der Waals surface area contributed by atoms with E-state index >= 15 is 0 Å². The van der Waals surface area contributed by atoms with Crippen LogP contribution in [0.2, 0.25) is 0 Å². The molecule has 2 N–H and O–H groups in total. The average molecular weight is 423 g/mol. The van der Waals surface area contributed by atoms with Gasteiger partial charge in [0.15, 0.2) is 11.0 Å². The average Bonchev–Trinajstić information content (AvgIpc) is 3.33. The molecule has 3 aromatic rings.